The fourth-order valence-corrected chi connectivity index (χ4v) is 5.12. The number of para-hydroxylation sites is 1. The number of rotatable bonds is 3. The van der Waals surface area contributed by atoms with Gasteiger partial charge in [-0.15, -0.1) is 0 Å². The fourth-order valence-electron chi connectivity index (χ4n) is 3.70. The lowest BCUT2D eigenvalue weighted by Crippen LogP contribution is -2.50. The smallest absolute Gasteiger partial charge is 0.256 e. The summed E-state index contributed by atoms with van der Waals surface area (Å²) in [4.78, 5) is 18.4. The highest BCUT2D eigenvalue weighted by Crippen LogP contribution is 2.25. The Morgan fingerprint density at radius 3 is 2.25 bits per heavy atom. The molecule has 0 radical (unpaired) electrons. The van der Waals surface area contributed by atoms with Crippen LogP contribution in [-0.2, 0) is 10.0 Å². The van der Waals surface area contributed by atoms with Crippen molar-refractivity contribution < 1.29 is 13.2 Å². The molecule has 4 rings (SSSR count). The van der Waals surface area contributed by atoms with Gasteiger partial charge >= 0.3 is 0 Å². The van der Waals surface area contributed by atoms with E-state index in [9.17, 15) is 13.2 Å². The Hall–Kier alpha value is -2.64. The predicted octanol–water partition coefficient (Wildman–Crippen LogP) is 2.93. The number of hydrogen-bond donors (Lipinski definition) is 1. The van der Waals surface area contributed by atoms with Crippen LogP contribution in [0.4, 0.5) is 0 Å². The van der Waals surface area contributed by atoms with Crippen molar-refractivity contribution in [3.63, 3.8) is 0 Å². The van der Waals surface area contributed by atoms with Crippen molar-refractivity contribution in [1.82, 2.24) is 14.2 Å². The first-order valence-electron chi connectivity index (χ1n) is 9.31. The van der Waals surface area contributed by atoms with Gasteiger partial charge in [-0.05, 0) is 32.0 Å². The minimum atomic E-state index is -3.54. The van der Waals surface area contributed by atoms with Gasteiger partial charge in [-0.3, -0.25) is 4.79 Å². The second-order valence-electron chi connectivity index (χ2n) is 7.18. The molecule has 1 saturated heterocycles. The van der Waals surface area contributed by atoms with Crippen molar-refractivity contribution in [3.8, 4) is 0 Å². The maximum atomic E-state index is 13.1. The Morgan fingerprint density at radius 2 is 1.57 bits per heavy atom. The van der Waals surface area contributed by atoms with Gasteiger partial charge < -0.3 is 9.88 Å². The van der Waals surface area contributed by atoms with Crippen LogP contribution in [-0.4, -0.2) is 54.7 Å². The fraction of sp³-hybridized carbons (Fsp3) is 0.286. The molecule has 1 aliphatic heterocycles. The summed E-state index contributed by atoms with van der Waals surface area (Å²) in [6.07, 6.45) is 0. The molecule has 2 heterocycles. The van der Waals surface area contributed by atoms with E-state index in [2.05, 4.69) is 4.98 Å². The van der Waals surface area contributed by atoms with Gasteiger partial charge in [0.25, 0.3) is 5.91 Å². The number of H-pyrrole nitrogens is 1. The number of carbonyl (C=O) groups is 1. The minimum Gasteiger partial charge on any atom is -0.358 e. The van der Waals surface area contributed by atoms with Gasteiger partial charge in [0.15, 0.2) is 0 Å². The summed E-state index contributed by atoms with van der Waals surface area (Å²) in [5, 5.41) is 0.903. The molecule has 6 nitrogen and oxygen atoms in total. The van der Waals surface area contributed by atoms with E-state index in [1.165, 1.54) is 4.31 Å². The van der Waals surface area contributed by atoms with Gasteiger partial charge in [-0.2, -0.15) is 4.31 Å². The number of aryl methyl sites for hydroxylation is 2. The maximum absolute atomic E-state index is 13.1. The van der Waals surface area contributed by atoms with Crippen molar-refractivity contribution >= 4 is 26.8 Å². The summed E-state index contributed by atoms with van der Waals surface area (Å²) >= 11 is 0. The number of carbonyl (C=O) groups excluding carboxylic acids is 1. The van der Waals surface area contributed by atoms with Gasteiger partial charge in [0.2, 0.25) is 10.0 Å². The highest BCUT2D eigenvalue weighted by atomic mass is 32.2. The molecule has 1 aromatic heterocycles. The van der Waals surface area contributed by atoms with E-state index >= 15 is 0 Å². The van der Waals surface area contributed by atoms with Crippen LogP contribution in [0.5, 0.6) is 0 Å². The molecule has 2 aromatic carbocycles. The van der Waals surface area contributed by atoms with Gasteiger partial charge in [0.1, 0.15) is 0 Å². The van der Waals surface area contributed by atoms with Crippen LogP contribution in [0.2, 0.25) is 0 Å². The first-order chi connectivity index (χ1) is 13.4. The molecule has 28 heavy (non-hydrogen) atoms. The number of fused-ring (bicyclic) bond motifs is 1. The number of hydrogen-bond acceptors (Lipinski definition) is 3. The third-order valence-corrected chi connectivity index (χ3v) is 7.20. The summed E-state index contributed by atoms with van der Waals surface area (Å²) < 4.78 is 27.2. The van der Waals surface area contributed by atoms with E-state index in [-0.39, 0.29) is 5.91 Å². The third kappa shape index (κ3) is 3.21. The topological polar surface area (TPSA) is 73.5 Å². The molecular formula is C21H23N3O3S. The zero-order valence-electron chi connectivity index (χ0n) is 16.0. The molecule has 0 bridgehead atoms. The van der Waals surface area contributed by atoms with E-state index in [1.54, 1.807) is 29.2 Å². The standard InChI is InChI=1S/C21H23N3O3S/c1-15-7-9-17(10-8-15)28(26,27)24-13-11-23(12-14-24)21(25)20-16(2)22-19-6-4-3-5-18(19)20/h3-10,22H,11-14H2,1-2H3. The summed E-state index contributed by atoms with van der Waals surface area (Å²) in [6, 6.07) is 14.6. The van der Waals surface area contributed by atoms with E-state index in [0.29, 0.717) is 36.6 Å². The van der Waals surface area contributed by atoms with Gasteiger partial charge in [0, 0.05) is 42.8 Å². The number of aromatic amines is 1. The average Bonchev–Trinajstić information content (AvgIpc) is 3.03. The van der Waals surface area contributed by atoms with Crippen molar-refractivity contribution in [3.05, 3.63) is 65.4 Å². The third-order valence-electron chi connectivity index (χ3n) is 5.29. The number of nitrogens with zero attached hydrogens (tertiary/aromatic N) is 2. The second kappa shape index (κ2) is 7.07. The maximum Gasteiger partial charge on any atom is 0.256 e. The van der Waals surface area contributed by atoms with Crippen LogP contribution in [0.15, 0.2) is 53.4 Å². The number of sulfonamides is 1. The van der Waals surface area contributed by atoms with Crippen LogP contribution in [0.3, 0.4) is 0 Å². The van der Waals surface area contributed by atoms with Crippen molar-refractivity contribution in [2.45, 2.75) is 18.7 Å². The molecule has 1 aliphatic rings. The number of amides is 1. The molecule has 146 valence electrons. The lowest BCUT2D eigenvalue weighted by atomic mass is 10.1. The molecule has 0 unspecified atom stereocenters. The Bertz CT molecular complexity index is 1130. The zero-order valence-corrected chi connectivity index (χ0v) is 16.8. The lowest BCUT2D eigenvalue weighted by molar-refractivity contribution is 0.0699. The van der Waals surface area contributed by atoms with Crippen LogP contribution >= 0.6 is 0 Å². The van der Waals surface area contributed by atoms with Crippen LogP contribution in [0, 0.1) is 13.8 Å². The normalized spacial score (nSPS) is 15.9. The van der Waals surface area contributed by atoms with Crippen LogP contribution < -0.4 is 0 Å². The van der Waals surface area contributed by atoms with E-state index in [1.807, 2.05) is 38.1 Å². The number of aromatic nitrogens is 1. The molecule has 7 heteroatoms. The Balaban J connectivity index is 1.51. The molecule has 0 atom stereocenters. The average molecular weight is 398 g/mol. The Kier molecular flexibility index (Phi) is 4.72. The predicted molar refractivity (Wildman–Crippen MR) is 109 cm³/mol. The van der Waals surface area contributed by atoms with Gasteiger partial charge in [0.05, 0.1) is 10.5 Å². The quantitative estimate of drug-likeness (QED) is 0.738. The largest absolute Gasteiger partial charge is 0.358 e. The van der Waals surface area contributed by atoms with Crippen molar-refractivity contribution in [1.29, 1.82) is 0 Å². The first-order valence-corrected chi connectivity index (χ1v) is 10.8. The lowest BCUT2D eigenvalue weighted by Gasteiger charge is -2.34. The molecule has 3 aromatic rings. The van der Waals surface area contributed by atoms with E-state index in [0.717, 1.165) is 22.2 Å². The highest BCUT2D eigenvalue weighted by Gasteiger charge is 2.31. The SMILES string of the molecule is Cc1ccc(S(=O)(=O)N2CCN(C(=O)c3c(C)[nH]c4ccccc34)CC2)cc1. The summed E-state index contributed by atoms with van der Waals surface area (Å²) in [5.74, 6) is -0.0534. The first kappa shape index (κ1) is 18.7. The molecule has 0 saturated carbocycles. The van der Waals surface area contributed by atoms with E-state index < -0.39 is 10.0 Å². The summed E-state index contributed by atoms with van der Waals surface area (Å²) in [6.45, 7) is 5.16. The second-order valence-corrected chi connectivity index (χ2v) is 9.12. The molecular weight excluding hydrogens is 374 g/mol. The number of nitrogens with one attached hydrogen (secondary N) is 1. The summed E-state index contributed by atoms with van der Waals surface area (Å²) in [7, 11) is -3.54. The molecule has 1 N–H and O–H groups in total. The summed E-state index contributed by atoms with van der Waals surface area (Å²) in [5.41, 5.74) is 3.46. The van der Waals surface area contributed by atoms with Crippen molar-refractivity contribution in [2.75, 3.05) is 26.2 Å². The highest BCUT2D eigenvalue weighted by molar-refractivity contribution is 7.89. The van der Waals surface area contributed by atoms with Gasteiger partial charge in [-0.25, -0.2) is 8.42 Å². The Labute approximate surface area is 164 Å². The Morgan fingerprint density at radius 1 is 0.929 bits per heavy atom. The minimum absolute atomic E-state index is 0.0534. The molecule has 0 aliphatic carbocycles. The zero-order chi connectivity index (χ0) is 19.9. The number of benzene rings is 2. The van der Waals surface area contributed by atoms with Crippen molar-refractivity contribution in [2.24, 2.45) is 0 Å². The molecule has 1 fully saturated rings. The van der Waals surface area contributed by atoms with Crippen LogP contribution in [0.25, 0.3) is 10.9 Å². The van der Waals surface area contributed by atoms with Crippen LogP contribution in [0.1, 0.15) is 21.6 Å². The van der Waals surface area contributed by atoms with Gasteiger partial charge in [-0.1, -0.05) is 35.9 Å². The number of piperazine rings is 1. The molecule has 0 spiro atoms. The molecule has 1 amide bonds. The van der Waals surface area contributed by atoms with E-state index in [4.69, 9.17) is 0 Å². The monoisotopic (exact) mass is 397 g/mol.